The fourth-order valence-electron chi connectivity index (χ4n) is 3.89. The molecule has 1 aliphatic heterocycles. The van der Waals surface area contributed by atoms with Gasteiger partial charge < -0.3 is 15.0 Å². The van der Waals surface area contributed by atoms with Crippen LogP contribution >= 0.6 is 11.3 Å². The predicted octanol–water partition coefficient (Wildman–Crippen LogP) is 3.59. The Kier molecular flexibility index (Phi) is 6.22. The summed E-state index contributed by atoms with van der Waals surface area (Å²) >= 11 is 1.58. The summed E-state index contributed by atoms with van der Waals surface area (Å²) in [5.41, 5.74) is 2.06. The lowest BCUT2D eigenvalue weighted by Crippen LogP contribution is -2.52. The molecule has 3 heterocycles. The van der Waals surface area contributed by atoms with Gasteiger partial charge in [0.2, 0.25) is 5.91 Å². The maximum absolute atomic E-state index is 12.7. The van der Waals surface area contributed by atoms with Gasteiger partial charge >= 0.3 is 0 Å². The molecule has 4 aromatic rings. The summed E-state index contributed by atoms with van der Waals surface area (Å²) in [7, 11) is -2.21. The van der Waals surface area contributed by atoms with Crippen molar-refractivity contribution in [2.75, 3.05) is 35.1 Å². The van der Waals surface area contributed by atoms with Gasteiger partial charge in [-0.05, 0) is 50.2 Å². The number of nitrogens with one attached hydrogen (secondary N) is 2. The molecule has 1 amide bonds. The maximum atomic E-state index is 12.7. The van der Waals surface area contributed by atoms with E-state index in [2.05, 4.69) is 29.9 Å². The number of anilines is 3. The number of aromatic nitrogens is 3. The Balaban J connectivity index is 1.18. The van der Waals surface area contributed by atoms with Crippen LogP contribution in [0.3, 0.4) is 0 Å². The average molecular weight is 525 g/mol. The van der Waals surface area contributed by atoms with Gasteiger partial charge in [0, 0.05) is 36.6 Å². The van der Waals surface area contributed by atoms with Crippen molar-refractivity contribution in [3.8, 4) is 5.75 Å². The van der Waals surface area contributed by atoms with Crippen molar-refractivity contribution in [1.29, 1.82) is 0 Å². The summed E-state index contributed by atoms with van der Waals surface area (Å²) in [6.07, 6.45) is 0. The number of ether oxygens (including phenoxy) is 1. The van der Waals surface area contributed by atoms with Gasteiger partial charge in [-0.25, -0.2) is 23.4 Å². The number of carbonyl (C=O) groups excluding carboxylic acids is 1. The van der Waals surface area contributed by atoms with Crippen molar-refractivity contribution in [2.45, 2.75) is 18.7 Å². The van der Waals surface area contributed by atoms with Gasteiger partial charge in [-0.3, -0.25) is 9.52 Å². The molecule has 2 N–H and O–H groups in total. The lowest BCUT2D eigenvalue weighted by Gasteiger charge is -2.37. The largest absolute Gasteiger partial charge is 0.497 e. The molecule has 1 fully saturated rings. The fourth-order valence-corrected chi connectivity index (χ4v) is 5.84. The van der Waals surface area contributed by atoms with Crippen LogP contribution in [0.15, 0.2) is 53.4 Å². The third-order valence-electron chi connectivity index (χ3n) is 5.74. The smallest absolute Gasteiger partial charge is 0.263 e. The topological polar surface area (TPSA) is 126 Å². The molecule has 1 saturated heterocycles. The fraction of sp³-hybridized carbons (Fsp3) is 0.250. The number of amides is 1. The van der Waals surface area contributed by atoms with Gasteiger partial charge in [-0.15, -0.1) is 0 Å². The highest BCUT2D eigenvalue weighted by Crippen LogP contribution is 2.34. The number of aryl methyl sites for hydroxylation is 2. The van der Waals surface area contributed by atoms with E-state index < -0.39 is 10.0 Å². The Hall–Kier alpha value is -3.77. The number of methoxy groups -OCH3 is 1. The van der Waals surface area contributed by atoms with E-state index in [1.165, 1.54) is 12.1 Å². The number of carbonyl (C=O) groups is 1. The second-order valence-corrected chi connectivity index (χ2v) is 11.2. The first-order valence-corrected chi connectivity index (χ1v) is 13.5. The van der Waals surface area contributed by atoms with Crippen molar-refractivity contribution in [2.24, 2.45) is 5.92 Å². The lowest BCUT2D eigenvalue weighted by atomic mass is 10.00. The Morgan fingerprint density at radius 1 is 1.06 bits per heavy atom. The third-order valence-corrected chi connectivity index (χ3v) is 8.21. The van der Waals surface area contributed by atoms with E-state index >= 15 is 0 Å². The monoisotopic (exact) mass is 524 g/mol. The molecule has 2 aromatic heterocycles. The molecule has 0 radical (unpaired) electrons. The van der Waals surface area contributed by atoms with E-state index in [9.17, 15) is 13.2 Å². The Morgan fingerprint density at radius 2 is 1.81 bits per heavy atom. The second-order valence-electron chi connectivity index (χ2n) is 8.49. The molecular weight excluding hydrogens is 500 g/mol. The molecule has 5 rings (SSSR count). The zero-order valence-electron chi connectivity index (χ0n) is 19.8. The van der Waals surface area contributed by atoms with E-state index in [0.29, 0.717) is 30.3 Å². The van der Waals surface area contributed by atoms with Gasteiger partial charge in [-0.1, -0.05) is 11.3 Å². The van der Waals surface area contributed by atoms with Crippen LogP contribution in [0.5, 0.6) is 5.75 Å². The number of rotatable bonds is 7. The maximum Gasteiger partial charge on any atom is 0.263 e. The van der Waals surface area contributed by atoms with Crippen molar-refractivity contribution in [1.82, 2.24) is 15.0 Å². The number of hydrogen-bond donors (Lipinski definition) is 2. The molecule has 36 heavy (non-hydrogen) atoms. The Bertz CT molecular complexity index is 1530. The molecule has 2 aromatic carbocycles. The van der Waals surface area contributed by atoms with Crippen LogP contribution in [-0.2, 0) is 14.8 Å². The summed E-state index contributed by atoms with van der Waals surface area (Å²) in [5.74, 6) is 1.15. The van der Waals surface area contributed by atoms with Gasteiger partial charge in [0.1, 0.15) is 17.4 Å². The summed E-state index contributed by atoms with van der Waals surface area (Å²) in [4.78, 5) is 27.7. The van der Waals surface area contributed by atoms with Crippen LogP contribution < -0.4 is 19.7 Å². The Morgan fingerprint density at radius 3 is 2.50 bits per heavy atom. The quantitative estimate of drug-likeness (QED) is 0.376. The molecule has 0 unspecified atom stereocenters. The van der Waals surface area contributed by atoms with E-state index in [4.69, 9.17) is 4.74 Å². The Labute approximate surface area is 212 Å². The minimum atomic E-state index is -3.83. The van der Waals surface area contributed by atoms with Crippen molar-refractivity contribution in [3.63, 3.8) is 0 Å². The van der Waals surface area contributed by atoms with Gasteiger partial charge in [-0.2, -0.15) is 0 Å². The van der Waals surface area contributed by atoms with Crippen molar-refractivity contribution >= 4 is 54.1 Å². The van der Waals surface area contributed by atoms with Crippen LogP contribution in [0.2, 0.25) is 0 Å². The number of hydrogen-bond acceptors (Lipinski definition) is 9. The molecule has 0 bridgehead atoms. The summed E-state index contributed by atoms with van der Waals surface area (Å²) in [5, 5.41) is 3.74. The normalized spacial score (nSPS) is 13.9. The highest BCUT2D eigenvalue weighted by molar-refractivity contribution is 7.92. The van der Waals surface area contributed by atoms with E-state index in [0.717, 1.165) is 21.1 Å². The van der Waals surface area contributed by atoms with Crippen LogP contribution in [0.4, 0.5) is 16.6 Å². The highest BCUT2D eigenvalue weighted by Gasteiger charge is 2.34. The molecule has 186 valence electrons. The SMILES string of the molecule is COc1ccc2sc(N3CC(C(=O)Nc4ccc(S(=O)(=O)Nc5cc(C)nc(C)n5)cc4)C3)nc2c1. The van der Waals surface area contributed by atoms with Gasteiger partial charge in [0.05, 0.1) is 28.1 Å². The zero-order valence-corrected chi connectivity index (χ0v) is 21.5. The first-order valence-electron chi connectivity index (χ1n) is 11.2. The second kappa shape index (κ2) is 9.36. The molecule has 0 atom stereocenters. The average Bonchev–Trinajstić information content (AvgIpc) is 3.20. The van der Waals surface area contributed by atoms with E-state index in [1.54, 1.807) is 50.5 Å². The first kappa shape index (κ1) is 23.9. The molecule has 12 heteroatoms. The molecule has 0 aliphatic carbocycles. The summed E-state index contributed by atoms with van der Waals surface area (Å²) in [6.45, 7) is 4.59. The van der Waals surface area contributed by atoms with Crippen molar-refractivity contribution < 1.29 is 17.9 Å². The first-order chi connectivity index (χ1) is 17.2. The molecule has 10 nitrogen and oxygen atoms in total. The van der Waals surface area contributed by atoms with Crippen LogP contribution in [0.25, 0.3) is 10.2 Å². The predicted molar refractivity (Wildman–Crippen MR) is 139 cm³/mol. The molecule has 0 saturated carbocycles. The summed E-state index contributed by atoms with van der Waals surface area (Å²) < 4.78 is 34.2. The standard InChI is InChI=1S/C24H24N6O4S2/c1-14-10-22(26-15(2)25-14)29-36(32,33)19-7-4-17(5-8-19)27-23(31)16-12-30(13-16)24-28-20-11-18(34-3)6-9-21(20)35-24/h4-11,16H,12-13H2,1-3H3,(H,27,31)(H,25,26,29). The zero-order chi connectivity index (χ0) is 25.4. The van der Waals surface area contributed by atoms with Crippen LogP contribution in [0.1, 0.15) is 11.5 Å². The minimum absolute atomic E-state index is 0.0664. The number of fused-ring (bicyclic) bond motifs is 1. The number of benzene rings is 2. The molecule has 0 spiro atoms. The third kappa shape index (κ3) is 4.95. The van der Waals surface area contributed by atoms with E-state index in [-0.39, 0.29) is 22.5 Å². The van der Waals surface area contributed by atoms with Gasteiger partial charge in [0.25, 0.3) is 10.0 Å². The molecule has 1 aliphatic rings. The number of thiazole rings is 1. The highest BCUT2D eigenvalue weighted by atomic mass is 32.2. The minimum Gasteiger partial charge on any atom is -0.497 e. The van der Waals surface area contributed by atoms with Gasteiger partial charge in [0.15, 0.2) is 5.13 Å². The van der Waals surface area contributed by atoms with Crippen LogP contribution in [0, 0.1) is 19.8 Å². The van der Waals surface area contributed by atoms with Crippen LogP contribution in [-0.4, -0.2) is 49.5 Å². The van der Waals surface area contributed by atoms with Crippen molar-refractivity contribution in [3.05, 3.63) is 60.0 Å². The lowest BCUT2D eigenvalue weighted by molar-refractivity contribution is -0.120. The number of sulfonamides is 1. The molecular formula is C24H24N6O4S2. The number of nitrogens with zero attached hydrogens (tertiary/aromatic N) is 4. The summed E-state index contributed by atoms with van der Waals surface area (Å²) in [6, 6.07) is 13.4. The van der Waals surface area contributed by atoms with E-state index in [1.807, 2.05) is 18.2 Å².